The summed E-state index contributed by atoms with van der Waals surface area (Å²) in [4.78, 5) is 11.3. The summed E-state index contributed by atoms with van der Waals surface area (Å²) >= 11 is 0. The fourth-order valence-corrected chi connectivity index (χ4v) is 1.57. The Balaban J connectivity index is 4.85. The van der Waals surface area contributed by atoms with Crippen molar-refractivity contribution in [1.82, 2.24) is 0 Å². The molecule has 0 rings (SSSR count). The van der Waals surface area contributed by atoms with E-state index >= 15 is 0 Å². The molecular formula is C14H24O2. The molecule has 0 aromatic heterocycles. The van der Waals surface area contributed by atoms with Crippen LogP contribution in [0.15, 0.2) is 24.3 Å². The maximum Gasteiger partial charge on any atom is 0.309 e. The van der Waals surface area contributed by atoms with Crippen molar-refractivity contribution >= 4 is 5.97 Å². The van der Waals surface area contributed by atoms with Gasteiger partial charge in [-0.3, -0.25) is 4.79 Å². The summed E-state index contributed by atoms with van der Waals surface area (Å²) in [5.41, 5.74) is 0.0919. The Morgan fingerprint density at radius 3 is 2.12 bits per heavy atom. The Kier molecular flexibility index (Phi) is 4.98. The van der Waals surface area contributed by atoms with Crippen LogP contribution in [0.3, 0.4) is 0 Å². The van der Waals surface area contributed by atoms with E-state index < -0.39 is 11.4 Å². The lowest BCUT2D eigenvalue weighted by molar-refractivity contribution is -0.152. The maximum atomic E-state index is 11.3. The average Bonchev–Trinajstić information content (AvgIpc) is 2.16. The molecule has 0 aromatic rings. The lowest BCUT2D eigenvalue weighted by Gasteiger charge is -2.38. The molecule has 92 valence electrons. The number of hydrogen-bond donors (Lipinski definition) is 1. The molecule has 1 atom stereocenters. The summed E-state index contributed by atoms with van der Waals surface area (Å²) in [6.07, 6.45) is 5.61. The summed E-state index contributed by atoms with van der Waals surface area (Å²) < 4.78 is 0. The number of carbonyl (C=O) groups is 1. The van der Waals surface area contributed by atoms with Gasteiger partial charge in [0.2, 0.25) is 0 Å². The van der Waals surface area contributed by atoms with Gasteiger partial charge in [0.15, 0.2) is 0 Å². The van der Waals surface area contributed by atoms with E-state index in [2.05, 4.69) is 12.7 Å². The third-order valence-electron chi connectivity index (χ3n) is 3.63. The first-order valence-corrected chi connectivity index (χ1v) is 5.68. The Labute approximate surface area is 99.1 Å². The number of hydrogen-bond acceptors (Lipinski definition) is 1. The van der Waals surface area contributed by atoms with Gasteiger partial charge in [-0.2, -0.15) is 0 Å². The Morgan fingerprint density at radius 1 is 1.31 bits per heavy atom. The number of aliphatic carboxylic acids is 1. The van der Waals surface area contributed by atoms with E-state index in [0.717, 1.165) is 12.8 Å². The monoisotopic (exact) mass is 224 g/mol. The van der Waals surface area contributed by atoms with Crippen LogP contribution in [0, 0.1) is 10.8 Å². The Hall–Kier alpha value is -1.05. The summed E-state index contributed by atoms with van der Waals surface area (Å²) in [6.45, 7) is 13.4. The van der Waals surface area contributed by atoms with Crippen molar-refractivity contribution in [3.63, 3.8) is 0 Å². The molecule has 0 saturated heterocycles. The predicted molar refractivity (Wildman–Crippen MR) is 68.4 cm³/mol. The van der Waals surface area contributed by atoms with Crippen molar-refractivity contribution in [2.45, 2.75) is 47.5 Å². The highest BCUT2D eigenvalue weighted by atomic mass is 16.4. The van der Waals surface area contributed by atoms with Crippen molar-refractivity contribution in [1.29, 1.82) is 0 Å². The van der Waals surface area contributed by atoms with E-state index in [1.54, 1.807) is 19.9 Å². The number of rotatable bonds is 6. The van der Waals surface area contributed by atoms with E-state index in [4.69, 9.17) is 0 Å². The molecule has 2 nitrogen and oxygen atoms in total. The fraction of sp³-hybridized carbons (Fsp3) is 0.643. The van der Waals surface area contributed by atoms with Gasteiger partial charge >= 0.3 is 5.97 Å². The summed E-state index contributed by atoms with van der Waals surface area (Å²) in [5, 5.41) is 9.25. The van der Waals surface area contributed by atoms with Gasteiger partial charge in [-0.05, 0) is 40.5 Å². The highest BCUT2D eigenvalue weighted by molar-refractivity contribution is 5.75. The summed E-state index contributed by atoms with van der Waals surface area (Å²) in [6, 6.07) is 0. The third kappa shape index (κ3) is 3.22. The van der Waals surface area contributed by atoms with Crippen LogP contribution >= 0.6 is 0 Å². The molecule has 0 bridgehead atoms. The Morgan fingerprint density at radius 2 is 1.81 bits per heavy atom. The van der Waals surface area contributed by atoms with Gasteiger partial charge in [0.25, 0.3) is 0 Å². The molecule has 16 heavy (non-hydrogen) atoms. The SMILES string of the molecule is C=CC(C)(CCC=C(C)C)C(C)(C)C(=O)O. The minimum Gasteiger partial charge on any atom is -0.481 e. The van der Waals surface area contributed by atoms with Crippen LogP contribution in [-0.2, 0) is 4.79 Å². The minimum atomic E-state index is -0.787. The fourth-order valence-electron chi connectivity index (χ4n) is 1.57. The molecule has 0 aliphatic rings. The van der Waals surface area contributed by atoms with Gasteiger partial charge in [-0.25, -0.2) is 0 Å². The molecule has 1 N–H and O–H groups in total. The second-order valence-electron chi connectivity index (χ2n) is 5.37. The van der Waals surface area contributed by atoms with Crippen molar-refractivity contribution in [2.24, 2.45) is 10.8 Å². The van der Waals surface area contributed by atoms with Crippen LogP contribution < -0.4 is 0 Å². The van der Waals surface area contributed by atoms with Crippen LogP contribution in [0.5, 0.6) is 0 Å². The molecule has 0 amide bonds. The normalized spacial score (nSPS) is 15.1. The van der Waals surface area contributed by atoms with Crippen molar-refractivity contribution in [3.05, 3.63) is 24.3 Å². The number of carboxylic acids is 1. The van der Waals surface area contributed by atoms with Gasteiger partial charge in [0, 0.05) is 5.41 Å². The van der Waals surface area contributed by atoms with Crippen LogP contribution in [0.4, 0.5) is 0 Å². The van der Waals surface area contributed by atoms with E-state index in [0.29, 0.717) is 0 Å². The van der Waals surface area contributed by atoms with Gasteiger partial charge < -0.3 is 5.11 Å². The first-order chi connectivity index (χ1) is 7.17. The number of allylic oxidation sites excluding steroid dienone is 3. The van der Waals surface area contributed by atoms with Gasteiger partial charge in [0.05, 0.1) is 5.41 Å². The van der Waals surface area contributed by atoms with E-state index in [9.17, 15) is 9.90 Å². The predicted octanol–water partition coefficient (Wildman–Crippen LogP) is 4.04. The minimum absolute atomic E-state index is 0.384. The van der Waals surface area contributed by atoms with E-state index in [1.807, 2.05) is 20.8 Å². The van der Waals surface area contributed by atoms with E-state index in [-0.39, 0.29) is 5.41 Å². The molecule has 0 fully saturated rings. The summed E-state index contributed by atoms with van der Waals surface area (Å²) in [5.74, 6) is -0.771. The van der Waals surface area contributed by atoms with Gasteiger partial charge in [-0.1, -0.05) is 24.6 Å². The van der Waals surface area contributed by atoms with Crippen LogP contribution in [0.25, 0.3) is 0 Å². The number of carboxylic acid groups (broad SMARTS) is 1. The van der Waals surface area contributed by atoms with Crippen LogP contribution in [0.1, 0.15) is 47.5 Å². The standard InChI is InChI=1S/C14H24O2/c1-7-14(6,10-8-9-11(2)3)13(4,5)12(15)16/h7,9H,1,8,10H2,2-6H3,(H,15,16). The quantitative estimate of drug-likeness (QED) is 0.691. The highest BCUT2D eigenvalue weighted by Crippen LogP contribution is 2.43. The molecule has 0 heterocycles. The second kappa shape index (κ2) is 5.33. The van der Waals surface area contributed by atoms with E-state index in [1.165, 1.54) is 5.57 Å². The molecule has 0 aliphatic carbocycles. The van der Waals surface area contributed by atoms with Gasteiger partial charge in [-0.15, -0.1) is 6.58 Å². The van der Waals surface area contributed by atoms with Crippen molar-refractivity contribution < 1.29 is 9.90 Å². The lowest BCUT2D eigenvalue weighted by atomic mass is 9.64. The topological polar surface area (TPSA) is 37.3 Å². The molecule has 1 unspecified atom stereocenters. The molecule has 0 saturated carbocycles. The third-order valence-corrected chi connectivity index (χ3v) is 3.63. The highest BCUT2D eigenvalue weighted by Gasteiger charge is 2.43. The molecular weight excluding hydrogens is 200 g/mol. The smallest absolute Gasteiger partial charge is 0.309 e. The Bertz CT molecular complexity index is 296. The zero-order valence-electron chi connectivity index (χ0n) is 11.1. The molecule has 2 heteroatoms. The average molecular weight is 224 g/mol. The molecule has 0 spiro atoms. The largest absolute Gasteiger partial charge is 0.481 e. The van der Waals surface area contributed by atoms with Gasteiger partial charge in [0.1, 0.15) is 0 Å². The first kappa shape index (κ1) is 14.9. The first-order valence-electron chi connectivity index (χ1n) is 5.68. The van der Waals surface area contributed by atoms with Crippen molar-refractivity contribution in [2.75, 3.05) is 0 Å². The van der Waals surface area contributed by atoms with Crippen LogP contribution in [-0.4, -0.2) is 11.1 Å². The molecule has 0 aliphatic heterocycles. The molecule has 0 aromatic carbocycles. The molecule has 0 radical (unpaired) electrons. The zero-order valence-corrected chi connectivity index (χ0v) is 11.1. The zero-order chi connectivity index (χ0) is 13.0. The van der Waals surface area contributed by atoms with Crippen molar-refractivity contribution in [3.8, 4) is 0 Å². The van der Waals surface area contributed by atoms with Crippen LogP contribution in [0.2, 0.25) is 0 Å². The maximum absolute atomic E-state index is 11.3. The second-order valence-corrected chi connectivity index (χ2v) is 5.37. The lowest BCUT2D eigenvalue weighted by Crippen LogP contribution is -2.40. The summed E-state index contributed by atoms with van der Waals surface area (Å²) in [7, 11) is 0.